The highest BCUT2D eigenvalue weighted by Gasteiger charge is 2.21. The molecule has 0 radical (unpaired) electrons. The van der Waals surface area contributed by atoms with Gasteiger partial charge in [-0.3, -0.25) is 0 Å². The van der Waals surface area contributed by atoms with E-state index in [4.69, 9.17) is 9.47 Å². The van der Waals surface area contributed by atoms with Crippen molar-refractivity contribution in [1.82, 2.24) is 10.6 Å². The lowest BCUT2D eigenvalue weighted by molar-refractivity contribution is 0.0514. The number of hydrogen-bond acceptors (Lipinski definition) is 4. The van der Waals surface area contributed by atoms with Crippen LogP contribution in [0.3, 0.4) is 0 Å². The van der Waals surface area contributed by atoms with Crippen molar-refractivity contribution in [3.05, 3.63) is 0 Å². The van der Waals surface area contributed by atoms with Gasteiger partial charge >= 0.3 is 6.09 Å². The molecule has 0 aromatic carbocycles. The number of methoxy groups -OCH3 is 1. The SMILES string of the molecule is COCCC(C)(C)CNCC(CNC(=O)OC(C)(C)C)C(C)C. The average molecular weight is 331 g/mol. The summed E-state index contributed by atoms with van der Waals surface area (Å²) in [5, 5.41) is 6.42. The molecular weight excluding hydrogens is 292 g/mol. The molecule has 5 nitrogen and oxygen atoms in total. The molecule has 1 atom stereocenters. The Balaban J connectivity index is 4.20. The summed E-state index contributed by atoms with van der Waals surface area (Å²) >= 11 is 0. The van der Waals surface area contributed by atoms with E-state index in [1.54, 1.807) is 7.11 Å². The number of nitrogens with one attached hydrogen (secondary N) is 2. The van der Waals surface area contributed by atoms with Crippen molar-refractivity contribution < 1.29 is 14.3 Å². The van der Waals surface area contributed by atoms with Crippen molar-refractivity contribution in [1.29, 1.82) is 0 Å². The van der Waals surface area contributed by atoms with Crippen molar-refractivity contribution in [3.63, 3.8) is 0 Å². The fraction of sp³-hybridized carbons (Fsp3) is 0.944. The predicted molar refractivity (Wildman–Crippen MR) is 95.7 cm³/mol. The lowest BCUT2D eigenvalue weighted by Crippen LogP contribution is -2.41. The van der Waals surface area contributed by atoms with Gasteiger partial charge in [-0.15, -0.1) is 0 Å². The van der Waals surface area contributed by atoms with Crippen molar-refractivity contribution in [3.8, 4) is 0 Å². The lowest BCUT2D eigenvalue weighted by Gasteiger charge is -2.28. The van der Waals surface area contributed by atoms with E-state index in [0.29, 0.717) is 18.4 Å². The first-order valence-electron chi connectivity index (χ1n) is 8.63. The molecule has 0 rings (SSSR count). The Morgan fingerprint density at radius 3 is 2.17 bits per heavy atom. The van der Waals surface area contributed by atoms with E-state index in [1.807, 2.05) is 20.8 Å². The molecule has 23 heavy (non-hydrogen) atoms. The van der Waals surface area contributed by atoms with E-state index in [9.17, 15) is 4.79 Å². The van der Waals surface area contributed by atoms with Crippen molar-refractivity contribution in [2.24, 2.45) is 17.3 Å². The molecule has 0 fully saturated rings. The molecule has 0 saturated carbocycles. The summed E-state index contributed by atoms with van der Waals surface area (Å²) in [6, 6.07) is 0. The lowest BCUT2D eigenvalue weighted by atomic mass is 9.89. The highest BCUT2D eigenvalue weighted by Crippen LogP contribution is 2.19. The molecule has 2 N–H and O–H groups in total. The van der Waals surface area contributed by atoms with Crippen molar-refractivity contribution >= 4 is 6.09 Å². The molecule has 5 heteroatoms. The van der Waals surface area contributed by atoms with Gasteiger partial charge in [0.25, 0.3) is 0 Å². The van der Waals surface area contributed by atoms with E-state index >= 15 is 0 Å². The van der Waals surface area contributed by atoms with Crippen LogP contribution in [0, 0.1) is 17.3 Å². The van der Waals surface area contributed by atoms with Gasteiger partial charge in [-0.05, 0) is 51.0 Å². The average Bonchev–Trinajstić information content (AvgIpc) is 2.37. The summed E-state index contributed by atoms with van der Waals surface area (Å²) in [6.45, 7) is 17.7. The third-order valence-electron chi connectivity index (χ3n) is 3.84. The number of rotatable bonds is 10. The van der Waals surface area contributed by atoms with E-state index < -0.39 is 5.60 Å². The van der Waals surface area contributed by atoms with Crippen LogP contribution in [0.4, 0.5) is 4.79 Å². The maximum atomic E-state index is 11.8. The van der Waals surface area contributed by atoms with Crippen LogP contribution in [0.15, 0.2) is 0 Å². The Morgan fingerprint density at radius 1 is 1.09 bits per heavy atom. The molecule has 0 bridgehead atoms. The summed E-state index contributed by atoms with van der Waals surface area (Å²) in [5.41, 5.74) is -0.253. The second-order valence-electron chi connectivity index (χ2n) is 8.42. The highest BCUT2D eigenvalue weighted by atomic mass is 16.6. The van der Waals surface area contributed by atoms with Gasteiger partial charge in [0.15, 0.2) is 0 Å². The molecule has 0 saturated heterocycles. The molecular formula is C18H38N2O3. The van der Waals surface area contributed by atoms with Crippen molar-refractivity contribution in [2.45, 2.75) is 60.5 Å². The molecule has 138 valence electrons. The van der Waals surface area contributed by atoms with E-state index in [2.05, 4.69) is 38.3 Å². The summed E-state index contributed by atoms with van der Waals surface area (Å²) in [4.78, 5) is 11.8. The Labute approximate surface area is 142 Å². The zero-order chi connectivity index (χ0) is 18.1. The van der Waals surface area contributed by atoms with Crippen LogP contribution in [0.1, 0.15) is 54.9 Å². The van der Waals surface area contributed by atoms with Crippen LogP contribution in [-0.4, -0.2) is 45.0 Å². The van der Waals surface area contributed by atoms with E-state index in [1.165, 1.54) is 0 Å². The van der Waals surface area contributed by atoms with Gasteiger partial charge in [0.2, 0.25) is 0 Å². The number of ether oxygens (including phenoxy) is 2. The Hall–Kier alpha value is -0.810. The molecule has 1 unspecified atom stereocenters. The van der Waals surface area contributed by atoms with Crippen molar-refractivity contribution in [2.75, 3.05) is 33.4 Å². The van der Waals surface area contributed by atoms with Gasteiger partial charge in [-0.1, -0.05) is 27.7 Å². The minimum absolute atomic E-state index is 0.204. The summed E-state index contributed by atoms with van der Waals surface area (Å²) in [5.74, 6) is 0.861. The van der Waals surface area contributed by atoms with Gasteiger partial charge in [-0.25, -0.2) is 4.79 Å². The minimum atomic E-state index is -0.457. The van der Waals surface area contributed by atoms with Gasteiger partial charge in [0.05, 0.1) is 0 Å². The summed E-state index contributed by atoms with van der Waals surface area (Å²) in [6.07, 6.45) is 0.683. The Morgan fingerprint density at radius 2 is 1.70 bits per heavy atom. The standard InChI is InChI=1S/C18H38N2O3/c1-14(2)15(12-20-16(21)23-17(3,4)5)11-19-13-18(6,7)9-10-22-8/h14-15,19H,9-13H2,1-8H3,(H,20,21). The second-order valence-corrected chi connectivity index (χ2v) is 8.42. The topological polar surface area (TPSA) is 59.6 Å². The van der Waals surface area contributed by atoms with Gasteiger partial charge in [0.1, 0.15) is 5.60 Å². The molecule has 0 aliphatic rings. The smallest absolute Gasteiger partial charge is 0.407 e. The zero-order valence-corrected chi connectivity index (χ0v) is 16.4. The molecule has 0 aliphatic carbocycles. The number of alkyl carbamates (subject to hydrolysis) is 1. The van der Waals surface area contributed by atoms with Gasteiger partial charge < -0.3 is 20.1 Å². The predicted octanol–water partition coefficient (Wildman–Crippen LogP) is 3.44. The zero-order valence-electron chi connectivity index (χ0n) is 16.4. The quantitative estimate of drug-likeness (QED) is 0.644. The van der Waals surface area contributed by atoms with Crippen LogP contribution < -0.4 is 10.6 Å². The maximum Gasteiger partial charge on any atom is 0.407 e. The van der Waals surface area contributed by atoms with Crippen LogP contribution >= 0.6 is 0 Å². The first-order chi connectivity index (χ1) is 10.5. The third kappa shape index (κ3) is 12.3. The normalized spacial score (nSPS) is 14.0. The van der Waals surface area contributed by atoms with Gasteiger partial charge in [0, 0.05) is 26.8 Å². The largest absolute Gasteiger partial charge is 0.444 e. The number of carbonyl (C=O) groups is 1. The number of amides is 1. The van der Waals surface area contributed by atoms with Crippen LogP contribution in [-0.2, 0) is 9.47 Å². The molecule has 0 heterocycles. The molecule has 0 aromatic heterocycles. The number of hydrogen-bond donors (Lipinski definition) is 2. The van der Waals surface area contributed by atoms with Crippen LogP contribution in [0.25, 0.3) is 0 Å². The summed E-state index contributed by atoms with van der Waals surface area (Å²) in [7, 11) is 1.74. The minimum Gasteiger partial charge on any atom is -0.444 e. The van der Waals surface area contributed by atoms with Crippen LogP contribution in [0.5, 0.6) is 0 Å². The van der Waals surface area contributed by atoms with Gasteiger partial charge in [-0.2, -0.15) is 0 Å². The first kappa shape index (κ1) is 22.2. The van der Waals surface area contributed by atoms with E-state index in [0.717, 1.165) is 26.1 Å². The Kier molecular flexibility index (Phi) is 9.78. The fourth-order valence-corrected chi connectivity index (χ4v) is 2.13. The third-order valence-corrected chi connectivity index (χ3v) is 3.84. The monoisotopic (exact) mass is 330 g/mol. The number of carbonyl (C=O) groups excluding carboxylic acids is 1. The fourth-order valence-electron chi connectivity index (χ4n) is 2.13. The molecule has 0 aromatic rings. The van der Waals surface area contributed by atoms with Crippen LogP contribution in [0.2, 0.25) is 0 Å². The maximum absolute atomic E-state index is 11.8. The first-order valence-corrected chi connectivity index (χ1v) is 8.63. The second kappa shape index (κ2) is 10.1. The van der Waals surface area contributed by atoms with E-state index in [-0.39, 0.29) is 11.5 Å². The molecule has 0 spiro atoms. The molecule has 0 aliphatic heterocycles. The summed E-state index contributed by atoms with van der Waals surface area (Å²) < 4.78 is 10.4. The highest BCUT2D eigenvalue weighted by molar-refractivity contribution is 5.67. The Bertz CT molecular complexity index is 336. The molecule has 1 amide bonds.